The molecule has 0 aliphatic carbocycles. The highest BCUT2D eigenvalue weighted by Gasteiger charge is 2.22. The van der Waals surface area contributed by atoms with Crippen LogP contribution in [0.5, 0.6) is 0 Å². The number of rotatable bonds is 8. The summed E-state index contributed by atoms with van der Waals surface area (Å²) in [6.45, 7) is 4.79. The Morgan fingerprint density at radius 3 is 2.47 bits per heavy atom. The predicted octanol–water partition coefficient (Wildman–Crippen LogP) is 1.91. The van der Waals surface area contributed by atoms with E-state index in [0.717, 1.165) is 38.8 Å². The fourth-order valence-electron chi connectivity index (χ4n) is 2.36. The Morgan fingerprint density at radius 2 is 1.89 bits per heavy atom. The second-order valence-corrected chi connectivity index (χ2v) is 5.12. The average molecular weight is 271 g/mol. The maximum absolute atomic E-state index is 11.9. The molecule has 0 radical (unpaired) electrons. The highest BCUT2D eigenvalue weighted by atomic mass is 16.5. The summed E-state index contributed by atoms with van der Waals surface area (Å²) in [5, 5.41) is 8.65. The molecule has 1 saturated heterocycles. The van der Waals surface area contributed by atoms with E-state index < -0.39 is 5.97 Å². The molecule has 110 valence electrons. The lowest BCUT2D eigenvalue weighted by molar-refractivity contribution is -0.138. The van der Waals surface area contributed by atoms with E-state index >= 15 is 0 Å². The Bertz CT molecular complexity index is 285. The van der Waals surface area contributed by atoms with Crippen LogP contribution in [0.15, 0.2) is 0 Å². The van der Waals surface area contributed by atoms with Crippen molar-refractivity contribution in [2.45, 2.75) is 45.4 Å². The summed E-state index contributed by atoms with van der Waals surface area (Å²) in [7, 11) is 0. The summed E-state index contributed by atoms with van der Waals surface area (Å²) in [5.41, 5.74) is 0. The number of carboxylic acids is 1. The fraction of sp³-hybridized carbons (Fsp3) is 0.857. The van der Waals surface area contributed by atoms with E-state index in [0.29, 0.717) is 25.6 Å². The Labute approximate surface area is 114 Å². The lowest BCUT2D eigenvalue weighted by Gasteiger charge is -2.32. The second-order valence-electron chi connectivity index (χ2n) is 5.12. The van der Waals surface area contributed by atoms with Gasteiger partial charge in [0.15, 0.2) is 0 Å². The van der Waals surface area contributed by atoms with Gasteiger partial charge in [0.2, 0.25) is 5.91 Å². The fourth-order valence-corrected chi connectivity index (χ4v) is 2.36. The quantitative estimate of drug-likeness (QED) is 0.685. The van der Waals surface area contributed by atoms with Gasteiger partial charge in [0, 0.05) is 26.1 Å². The van der Waals surface area contributed by atoms with Crippen molar-refractivity contribution < 1.29 is 19.4 Å². The number of hydrogen-bond donors (Lipinski definition) is 1. The molecule has 5 heteroatoms. The number of piperidine rings is 1. The second kappa shape index (κ2) is 8.91. The smallest absolute Gasteiger partial charge is 0.303 e. The average Bonchev–Trinajstić information content (AvgIpc) is 2.41. The molecule has 0 saturated carbocycles. The van der Waals surface area contributed by atoms with E-state index in [2.05, 4.69) is 0 Å². The zero-order chi connectivity index (χ0) is 14.1. The summed E-state index contributed by atoms with van der Waals surface area (Å²) < 4.78 is 5.32. The van der Waals surface area contributed by atoms with Gasteiger partial charge in [0.05, 0.1) is 13.0 Å². The van der Waals surface area contributed by atoms with Crippen LogP contribution in [-0.4, -0.2) is 48.2 Å². The molecule has 1 amide bonds. The number of amides is 1. The van der Waals surface area contributed by atoms with Gasteiger partial charge in [0.1, 0.15) is 0 Å². The SMILES string of the molecule is CCCOCCC(=O)N1CCC(CCC(=O)O)CC1. The lowest BCUT2D eigenvalue weighted by Crippen LogP contribution is -2.39. The van der Waals surface area contributed by atoms with Crippen molar-refractivity contribution in [2.75, 3.05) is 26.3 Å². The molecular formula is C14H25NO4. The molecule has 0 bridgehead atoms. The lowest BCUT2D eigenvalue weighted by atomic mass is 9.92. The molecular weight excluding hydrogens is 246 g/mol. The first-order chi connectivity index (χ1) is 9.13. The van der Waals surface area contributed by atoms with Gasteiger partial charge in [-0.3, -0.25) is 9.59 Å². The van der Waals surface area contributed by atoms with Crippen LogP contribution < -0.4 is 0 Å². The van der Waals surface area contributed by atoms with Crippen molar-refractivity contribution >= 4 is 11.9 Å². The molecule has 1 heterocycles. The largest absolute Gasteiger partial charge is 0.481 e. The van der Waals surface area contributed by atoms with E-state index in [1.54, 1.807) is 0 Å². The highest BCUT2D eigenvalue weighted by Crippen LogP contribution is 2.22. The zero-order valence-corrected chi connectivity index (χ0v) is 11.8. The molecule has 0 aromatic carbocycles. The Kier molecular flexibility index (Phi) is 7.48. The van der Waals surface area contributed by atoms with Crippen molar-refractivity contribution in [3.8, 4) is 0 Å². The van der Waals surface area contributed by atoms with Gasteiger partial charge in [-0.25, -0.2) is 0 Å². The molecule has 5 nitrogen and oxygen atoms in total. The highest BCUT2D eigenvalue weighted by molar-refractivity contribution is 5.76. The number of carboxylic acid groups (broad SMARTS) is 1. The van der Waals surface area contributed by atoms with Gasteiger partial charge < -0.3 is 14.7 Å². The maximum atomic E-state index is 11.9. The summed E-state index contributed by atoms with van der Waals surface area (Å²) in [4.78, 5) is 24.3. The van der Waals surface area contributed by atoms with Crippen LogP contribution in [0.2, 0.25) is 0 Å². The first-order valence-corrected chi connectivity index (χ1v) is 7.20. The van der Waals surface area contributed by atoms with Crippen LogP contribution in [0.1, 0.15) is 45.4 Å². The molecule has 0 unspecified atom stereocenters. The van der Waals surface area contributed by atoms with E-state index in [1.165, 1.54) is 0 Å². The molecule has 0 atom stereocenters. The molecule has 0 aromatic rings. The molecule has 1 aliphatic rings. The van der Waals surface area contributed by atoms with Gasteiger partial charge in [-0.1, -0.05) is 6.92 Å². The monoisotopic (exact) mass is 271 g/mol. The van der Waals surface area contributed by atoms with Crippen molar-refractivity contribution in [3.63, 3.8) is 0 Å². The standard InChI is InChI=1S/C14H25NO4/c1-2-10-19-11-7-13(16)15-8-5-12(6-9-15)3-4-14(17)18/h12H,2-11H2,1H3,(H,17,18). The molecule has 1 aliphatic heterocycles. The minimum atomic E-state index is -0.730. The van der Waals surface area contributed by atoms with Gasteiger partial charge >= 0.3 is 5.97 Å². The van der Waals surface area contributed by atoms with Crippen LogP contribution >= 0.6 is 0 Å². The van der Waals surface area contributed by atoms with Crippen molar-refractivity contribution in [1.29, 1.82) is 0 Å². The van der Waals surface area contributed by atoms with Gasteiger partial charge in [-0.2, -0.15) is 0 Å². The minimum Gasteiger partial charge on any atom is -0.481 e. The third kappa shape index (κ3) is 6.57. The van der Waals surface area contributed by atoms with E-state index in [4.69, 9.17) is 9.84 Å². The third-order valence-electron chi connectivity index (χ3n) is 3.54. The molecule has 1 fully saturated rings. The normalized spacial score (nSPS) is 16.6. The van der Waals surface area contributed by atoms with Gasteiger partial charge in [0.25, 0.3) is 0 Å². The van der Waals surface area contributed by atoms with Crippen molar-refractivity contribution in [1.82, 2.24) is 4.90 Å². The summed E-state index contributed by atoms with van der Waals surface area (Å²) in [6.07, 6.45) is 4.26. The minimum absolute atomic E-state index is 0.160. The molecule has 0 aromatic heterocycles. The maximum Gasteiger partial charge on any atom is 0.303 e. The number of aliphatic carboxylic acids is 1. The first-order valence-electron chi connectivity index (χ1n) is 7.20. The number of nitrogens with zero attached hydrogens (tertiary/aromatic N) is 1. The third-order valence-corrected chi connectivity index (χ3v) is 3.54. The number of carbonyl (C=O) groups excluding carboxylic acids is 1. The molecule has 0 spiro atoms. The number of hydrogen-bond acceptors (Lipinski definition) is 3. The predicted molar refractivity (Wildman–Crippen MR) is 71.9 cm³/mol. The molecule has 19 heavy (non-hydrogen) atoms. The van der Waals surface area contributed by atoms with Crippen molar-refractivity contribution in [2.24, 2.45) is 5.92 Å². The van der Waals surface area contributed by atoms with Gasteiger partial charge in [-0.15, -0.1) is 0 Å². The first kappa shape index (κ1) is 16.0. The topological polar surface area (TPSA) is 66.8 Å². The van der Waals surface area contributed by atoms with Crippen LogP contribution in [0, 0.1) is 5.92 Å². The Morgan fingerprint density at radius 1 is 1.21 bits per heavy atom. The van der Waals surface area contributed by atoms with E-state index in [9.17, 15) is 9.59 Å². The number of ether oxygens (including phenoxy) is 1. The van der Waals surface area contributed by atoms with Crippen LogP contribution in [0.4, 0.5) is 0 Å². The van der Waals surface area contributed by atoms with Crippen LogP contribution in [-0.2, 0) is 14.3 Å². The number of likely N-dealkylation sites (tertiary alicyclic amines) is 1. The van der Waals surface area contributed by atoms with E-state index in [-0.39, 0.29) is 12.3 Å². The molecule has 1 rings (SSSR count). The van der Waals surface area contributed by atoms with Crippen LogP contribution in [0.25, 0.3) is 0 Å². The zero-order valence-electron chi connectivity index (χ0n) is 11.8. The van der Waals surface area contributed by atoms with Gasteiger partial charge in [-0.05, 0) is 31.6 Å². The van der Waals surface area contributed by atoms with E-state index in [1.807, 2.05) is 11.8 Å². The Balaban J connectivity index is 2.14. The van der Waals surface area contributed by atoms with Crippen LogP contribution in [0.3, 0.4) is 0 Å². The molecule has 1 N–H and O–H groups in total. The summed E-state index contributed by atoms with van der Waals surface area (Å²) >= 11 is 0. The van der Waals surface area contributed by atoms with Crippen molar-refractivity contribution in [3.05, 3.63) is 0 Å². The Hall–Kier alpha value is -1.10. The number of carbonyl (C=O) groups is 2. The summed E-state index contributed by atoms with van der Waals surface area (Å²) in [6, 6.07) is 0. The summed E-state index contributed by atoms with van der Waals surface area (Å²) in [5.74, 6) is -0.115.